The minimum atomic E-state index is -0.0738. The minimum absolute atomic E-state index is 0.0738. The highest BCUT2D eigenvalue weighted by molar-refractivity contribution is 5.50. The van der Waals surface area contributed by atoms with Crippen LogP contribution < -0.4 is 14.8 Å². The van der Waals surface area contributed by atoms with Gasteiger partial charge in [0.2, 0.25) is 6.79 Å². The summed E-state index contributed by atoms with van der Waals surface area (Å²) in [6, 6.07) is 4.67. The van der Waals surface area contributed by atoms with E-state index in [1.165, 1.54) is 11.1 Å². The van der Waals surface area contributed by atoms with Crippen molar-refractivity contribution in [3.8, 4) is 11.5 Å². The summed E-state index contributed by atoms with van der Waals surface area (Å²) in [4.78, 5) is 0. The Balaban J connectivity index is 1.79. The Labute approximate surface area is 120 Å². The molecular formula is C16H23NO3. The average molecular weight is 277 g/mol. The molecule has 0 spiro atoms. The predicted octanol–water partition coefficient (Wildman–Crippen LogP) is 2.81. The third-order valence-electron chi connectivity index (χ3n) is 4.38. The standard InChI is InChI=1S/C16H23NO3/c1-16(2,18-3)6-4-13-12-9-15-14(19-10-20-15)8-11(12)5-7-17-13/h8-9,13,17H,4-7,10H2,1-3H3. The van der Waals surface area contributed by atoms with Gasteiger partial charge in [-0.15, -0.1) is 0 Å². The molecule has 0 bridgehead atoms. The first-order valence-corrected chi connectivity index (χ1v) is 7.30. The predicted molar refractivity (Wildman–Crippen MR) is 77.3 cm³/mol. The second-order valence-electron chi connectivity index (χ2n) is 6.16. The van der Waals surface area contributed by atoms with Gasteiger partial charge in [-0.25, -0.2) is 0 Å². The van der Waals surface area contributed by atoms with Crippen molar-refractivity contribution >= 4 is 0 Å². The molecule has 110 valence electrons. The van der Waals surface area contributed by atoms with Gasteiger partial charge in [0, 0.05) is 13.2 Å². The van der Waals surface area contributed by atoms with Crippen molar-refractivity contribution in [3.63, 3.8) is 0 Å². The van der Waals surface area contributed by atoms with Gasteiger partial charge in [-0.05, 0) is 62.9 Å². The third-order valence-corrected chi connectivity index (χ3v) is 4.38. The molecule has 3 rings (SSSR count). The summed E-state index contributed by atoms with van der Waals surface area (Å²) in [5.41, 5.74) is 2.66. The number of benzene rings is 1. The summed E-state index contributed by atoms with van der Waals surface area (Å²) >= 11 is 0. The monoisotopic (exact) mass is 277 g/mol. The highest BCUT2D eigenvalue weighted by atomic mass is 16.7. The van der Waals surface area contributed by atoms with E-state index in [4.69, 9.17) is 14.2 Å². The van der Waals surface area contributed by atoms with Crippen LogP contribution in [-0.4, -0.2) is 26.0 Å². The maximum Gasteiger partial charge on any atom is 0.231 e. The topological polar surface area (TPSA) is 39.7 Å². The number of methoxy groups -OCH3 is 1. The van der Waals surface area contributed by atoms with Gasteiger partial charge < -0.3 is 19.5 Å². The number of fused-ring (bicyclic) bond motifs is 2. The van der Waals surface area contributed by atoms with E-state index >= 15 is 0 Å². The summed E-state index contributed by atoms with van der Waals surface area (Å²) in [5.74, 6) is 1.77. The number of ether oxygens (including phenoxy) is 3. The molecule has 1 aromatic rings. The van der Waals surface area contributed by atoms with Crippen molar-refractivity contribution in [1.29, 1.82) is 0 Å². The first-order valence-electron chi connectivity index (χ1n) is 7.30. The van der Waals surface area contributed by atoms with Gasteiger partial charge in [0.05, 0.1) is 5.60 Å². The molecule has 0 saturated carbocycles. The van der Waals surface area contributed by atoms with E-state index in [-0.39, 0.29) is 5.60 Å². The number of hydrogen-bond acceptors (Lipinski definition) is 4. The van der Waals surface area contributed by atoms with Gasteiger partial charge in [0.15, 0.2) is 11.5 Å². The van der Waals surface area contributed by atoms with Crippen LogP contribution in [0, 0.1) is 0 Å². The smallest absolute Gasteiger partial charge is 0.231 e. The molecule has 1 N–H and O–H groups in total. The lowest BCUT2D eigenvalue weighted by Gasteiger charge is -2.30. The second-order valence-corrected chi connectivity index (χ2v) is 6.16. The first kappa shape index (κ1) is 13.7. The van der Waals surface area contributed by atoms with Crippen molar-refractivity contribution in [2.45, 2.75) is 44.8 Å². The van der Waals surface area contributed by atoms with Crippen LogP contribution in [0.25, 0.3) is 0 Å². The fourth-order valence-electron chi connectivity index (χ4n) is 2.88. The molecule has 0 aliphatic carbocycles. The summed E-state index contributed by atoms with van der Waals surface area (Å²) in [6.45, 7) is 5.63. The van der Waals surface area contributed by atoms with E-state index in [9.17, 15) is 0 Å². The molecule has 1 unspecified atom stereocenters. The molecule has 0 fully saturated rings. The second kappa shape index (κ2) is 5.26. The summed E-state index contributed by atoms with van der Waals surface area (Å²) in [5, 5.41) is 3.61. The fourth-order valence-corrected chi connectivity index (χ4v) is 2.88. The van der Waals surface area contributed by atoms with Crippen molar-refractivity contribution in [2.24, 2.45) is 0 Å². The zero-order valence-corrected chi connectivity index (χ0v) is 12.5. The Morgan fingerprint density at radius 2 is 2.05 bits per heavy atom. The molecule has 4 heteroatoms. The van der Waals surface area contributed by atoms with Crippen LogP contribution in [0.1, 0.15) is 43.9 Å². The van der Waals surface area contributed by atoms with E-state index in [0.29, 0.717) is 12.8 Å². The van der Waals surface area contributed by atoms with Crippen LogP contribution in [0.2, 0.25) is 0 Å². The quantitative estimate of drug-likeness (QED) is 0.918. The number of nitrogens with one attached hydrogen (secondary N) is 1. The molecule has 0 amide bonds. The summed E-state index contributed by atoms with van der Waals surface area (Å²) in [7, 11) is 1.78. The van der Waals surface area contributed by atoms with E-state index in [1.54, 1.807) is 7.11 Å². The molecule has 20 heavy (non-hydrogen) atoms. The Kier molecular flexibility index (Phi) is 3.61. The fraction of sp³-hybridized carbons (Fsp3) is 0.625. The van der Waals surface area contributed by atoms with Crippen molar-refractivity contribution < 1.29 is 14.2 Å². The SMILES string of the molecule is COC(C)(C)CCC1NCCc2cc3c(cc21)OCO3. The van der Waals surface area contributed by atoms with Gasteiger partial charge >= 0.3 is 0 Å². The van der Waals surface area contributed by atoms with Gasteiger partial charge in [-0.2, -0.15) is 0 Å². The van der Waals surface area contributed by atoms with Gasteiger partial charge in [0.25, 0.3) is 0 Å². The zero-order chi connectivity index (χ0) is 14.2. The van der Waals surface area contributed by atoms with Crippen LogP contribution >= 0.6 is 0 Å². The molecular weight excluding hydrogens is 254 g/mol. The van der Waals surface area contributed by atoms with E-state index in [0.717, 1.165) is 37.3 Å². The maximum atomic E-state index is 5.52. The lowest BCUT2D eigenvalue weighted by molar-refractivity contribution is 0.0115. The van der Waals surface area contributed by atoms with Gasteiger partial charge in [0.1, 0.15) is 0 Å². The average Bonchev–Trinajstić information content (AvgIpc) is 2.90. The summed E-state index contributed by atoms with van der Waals surface area (Å²) < 4.78 is 16.5. The molecule has 4 nitrogen and oxygen atoms in total. The van der Waals surface area contributed by atoms with Crippen LogP contribution in [0.5, 0.6) is 11.5 Å². The molecule has 0 aromatic heterocycles. The van der Waals surface area contributed by atoms with E-state index in [2.05, 4.69) is 31.3 Å². The lowest BCUT2D eigenvalue weighted by atomic mass is 9.88. The van der Waals surface area contributed by atoms with Crippen LogP contribution in [0.3, 0.4) is 0 Å². The number of hydrogen-bond donors (Lipinski definition) is 1. The Morgan fingerprint density at radius 3 is 2.80 bits per heavy atom. The highest BCUT2D eigenvalue weighted by Crippen LogP contribution is 2.39. The van der Waals surface area contributed by atoms with Crippen LogP contribution in [-0.2, 0) is 11.2 Å². The highest BCUT2D eigenvalue weighted by Gasteiger charge is 2.26. The largest absolute Gasteiger partial charge is 0.454 e. The van der Waals surface area contributed by atoms with Gasteiger partial charge in [-0.3, -0.25) is 0 Å². The Hall–Kier alpha value is -1.26. The first-order chi connectivity index (χ1) is 9.59. The molecule has 2 aliphatic heterocycles. The maximum absolute atomic E-state index is 5.52. The lowest BCUT2D eigenvalue weighted by Crippen LogP contribution is -2.32. The minimum Gasteiger partial charge on any atom is -0.454 e. The molecule has 0 radical (unpaired) electrons. The molecule has 2 heterocycles. The Morgan fingerprint density at radius 1 is 1.30 bits per heavy atom. The van der Waals surface area contributed by atoms with Crippen molar-refractivity contribution in [3.05, 3.63) is 23.3 Å². The van der Waals surface area contributed by atoms with E-state index in [1.807, 2.05) is 0 Å². The zero-order valence-electron chi connectivity index (χ0n) is 12.5. The van der Waals surface area contributed by atoms with Crippen LogP contribution in [0.15, 0.2) is 12.1 Å². The molecule has 0 saturated heterocycles. The van der Waals surface area contributed by atoms with Crippen molar-refractivity contribution in [1.82, 2.24) is 5.32 Å². The summed E-state index contributed by atoms with van der Waals surface area (Å²) in [6.07, 6.45) is 3.14. The Bertz CT molecular complexity index is 499. The van der Waals surface area contributed by atoms with E-state index < -0.39 is 0 Å². The molecule has 2 aliphatic rings. The third kappa shape index (κ3) is 2.63. The van der Waals surface area contributed by atoms with Crippen LogP contribution in [0.4, 0.5) is 0 Å². The molecule has 1 atom stereocenters. The normalized spacial score (nSPS) is 20.9. The molecule has 1 aromatic carbocycles. The van der Waals surface area contributed by atoms with Gasteiger partial charge in [-0.1, -0.05) is 0 Å². The number of rotatable bonds is 4. The van der Waals surface area contributed by atoms with Crippen molar-refractivity contribution in [2.75, 3.05) is 20.4 Å².